The Kier molecular flexibility index (Phi) is 5.00. The molecule has 2 aliphatic rings. The Morgan fingerprint density at radius 1 is 1.17 bits per heavy atom. The van der Waals surface area contributed by atoms with Crippen molar-refractivity contribution in [3.05, 3.63) is 35.6 Å². The molecule has 1 amide bonds. The number of piperidine rings is 1. The van der Waals surface area contributed by atoms with Crippen molar-refractivity contribution >= 4 is 5.91 Å². The third kappa shape index (κ3) is 4.54. The molecule has 1 aromatic rings. The van der Waals surface area contributed by atoms with E-state index in [1.165, 1.54) is 31.4 Å². The molecule has 4 heteroatoms. The van der Waals surface area contributed by atoms with Gasteiger partial charge in [0, 0.05) is 25.7 Å². The van der Waals surface area contributed by atoms with Crippen LogP contribution in [0.5, 0.6) is 0 Å². The molecule has 0 bridgehead atoms. The van der Waals surface area contributed by atoms with Gasteiger partial charge in [-0.2, -0.15) is 0 Å². The molecule has 3 rings (SSSR count). The average Bonchev–Trinajstić information content (AvgIpc) is 3.32. The maximum absolute atomic E-state index is 13.0. The van der Waals surface area contributed by atoms with Gasteiger partial charge in [-0.25, -0.2) is 4.39 Å². The zero-order chi connectivity index (χ0) is 16.4. The molecule has 23 heavy (non-hydrogen) atoms. The third-order valence-electron chi connectivity index (χ3n) is 4.92. The van der Waals surface area contributed by atoms with Gasteiger partial charge in [0.05, 0.1) is 6.54 Å². The fraction of sp³-hybridized carbons (Fsp3) is 0.632. The molecule has 1 aromatic carbocycles. The number of hydrogen-bond acceptors (Lipinski definition) is 2. The van der Waals surface area contributed by atoms with E-state index in [9.17, 15) is 9.18 Å². The number of halogens is 1. The maximum atomic E-state index is 13.0. The van der Waals surface area contributed by atoms with Crippen LogP contribution in [0.2, 0.25) is 0 Å². The zero-order valence-corrected chi connectivity index (χ0v) is 14.2. The maximum Gasteiger partial charge on any atom is 0.236 e. The minimum Gasteiger partial charge on any atom is -0.341 e. The summed E-state index contributed by atoms with van der Waals surface area (Å²) in [7, 11) is 0. The van der Waals surface area contributed by atoms with E-state index < -0.39 is 0 Å². The SMILES string of the molecule is CC1CC(C)CN(C(=O)CN(Cc2ccc(F)cc2)C2CC2)C1. The number of carbonyl (C=O) groups excluding carboxylic acids is 1. The first-order valence-electron chi connectivity index (χ1n) is 8.77. The van der Waals surface area contributed by atoms with Crippen molar-refractivity contribution in [2.24, 2.45) is 11.8 Å². The van der Waals surface area contributed by atoms with Crippen LogP contribution in [-0.4, -0.2) is 41.4 Å². The van der Waals surface area contributed by atoms with Crippen LogP contribution in [0.1, 0.15) is 38.7 Å². The van der Waals surface area contributed by atoms with Gasteiger partial charge in [-0.3, -0.25) is 9.69 Å². The van der Waals surface area contributed by atoms with Crippen LogP contribution in [0.25, 0.3) is 0 Å². The van der Waals surface area contributed by atoms with E-state index >= 15 is 0 Å². The Bertz CT molecular complexity index is 531. The van der Waals surface area contributed by atoms with Gasteiger partial charge in [-0.1, -0.05) is 26.0 Å². The lowest BCUT2D eigenvalue weighted by Crippen LogP contribution is -2.47. The van der Waals surface area contributed by atoms with Crippen molar-refractivity contribution in [2.45, 2.75) is 45.7 Å². The molecule has 1 aliphatic heterocycles. The predicted molar refractivity (Wildman–Crippen MR) is 89.4 cm³/mol. The first-order valence-corrected chi connectivity index (χ1v) is 8.77. The average molecular weight is 318 g/mol. The molecule has 1 heterocycles. The van der Waals surface area contributed by atoms with Gasteiger partial charge < -0.3 is 4.90 Å². The summed E-state index contributed by atoms with van der Waals surface area (Å²) in [5.41, 5.74) is 1.08. The van der Waals surface area contributed by atoms with Crippen LogP contribution in [0.15, 0.2) is 24.3 Å². The van der Waals surface area contributed by atoms with Gasteiger partial charge in [-0.05, 0) is 48.8 Å². The molecule has 0 N–H and O–H groups in total. The van der Waals surface area contributed by atoms with E-state index in [-0.39, 0.29) is 11.7 Å². The fourth-order valence-corrected chi connectivity index (χ4v) is 3.72. The second-order valence-electron chi connectivity index (χ2n) is 7.51. The van der Waals surface area contributed by atoms with Crippen molar-refractivity contribution in [3.8, 4) is 0 Å². The lowest BCUT2D eigenvalue weighted by molar-refractivity contribution is -0.135. The van der Waals surface area contributed by atoms with E-state index in [1.54, 1.807) is 0 Å². The molecule has 1 saturated carbocycles. The van der Waals surface area contributed by atoms with Crippen LogP contribution >= 0.6 is 0 Å². The lowest BCUT2D eigenvalue weighted by Gasteiger charge is -2.36. The quantitative estimate of drug-likeness (QED) is 0.832. The number of carbonyl (C=O) groups is 1. The molecular formula is C19H27FN2O. The summed E-state index contributed by atoms with van der Waals surface area (Å²) < 4.78 is 13.0. The van der Waals surface area contributed by atoms with E-state index in [1.807, 2.05) is 17.0 Å². The molecule has 0 radical (unpaired) electrons. The highest BCUT2D eigenvalue weighted by atomic mass is 19.1. The molecule has 126 valence electrons. The lowest BCUT2D eigenvalue weighted by atomic mass is 9.92. The number of likely N-dealkylation sites (tertiary alicyclic amines) is 1. The topological polar surface area (TPSA) is 23.6 Å². The first-order chi connectivity index (χ1) is 11.0. The van der Waals surface area contributed by atoms with Crippen molar-refractivity contribution in [1.29, 1.82) is 0 Å². The van der Waals surface area contributed by atoms with E-state index in [0.717, 1.165) is 25.2 Å². The molecule has 0 spiro atoms. The zero-order valence-electron chi connectivity index (χ0n) is 14.2. The summed E-state index contributed by atoms with van der Waals surface area (Å²) in [6.45, 7) is 7.45. The monoisotopic (exact) mass is 318 g/mol. The van der Waals surface area contributed by atoms with Gasteiger partial charge >= 0.3 is 0 Å². The Labute approximate surface area is 138 Å². The largest absolute Gasteiger partial charge is 0.341 e. The minimum absolute atomic E-state index is 0.209. The van der Waals surface area contributed by atoms with E-state index in [4.69, 9.17) is 0 Å². The normalized spacial score (nSPS) is 25.0. The van der Waals surface area contributed by atoms with Crippen molar-refractivity contribution in [3.63, 3.8) is 0 Å². The summed E-state index contributed by atoms with van der Waals surface area (Å²) in [4.78, 5) is 17.0. The minimum atomic E-state index is -0.209. The van der Waals surface area contributed by atoms with Crippen LogP contribution < -0.4 is 0 Å². The Morgan fingerprint density at radius 2 is 1.78 bits per heavy atom. The molecule has 1 saturated heterocycles. The van der Waals surface area contributed by atoms with Crippen LogP contribution in [0, 0.1) is 17.7 Å². The second kappa shape index (κ2) is 7.00. The number of amides is 1. The van der Waals surface area contributed by atoms with Crippen molar-refractivity contribution < 1.29 is 9.18 Å². The molecule has 3 nitrogen and oxygen atoms in total. The van der Waals surface area contributed by atoms with Gasteiger partial charge in [0.2, 0.25) is 5.91 Å². The number of nitrogens with zero attached hydrogens (tertiary/aromatic N) is 2. The second-order valence-corrected chi connectivity index (χ2v) is 7.51. The van der Waals surface area contributed by atoms with Gasteiger partial charge in [0.15, 0.2) is 0 Å². The van der Waals surface area contributed by atoms with E-state index in [0.29, 0.717) is 24.4 Å². The van der Waals surface area contributed by atoms with Crippen LogP contribution in [0.3, 0.4) is 0 Å². The highest BCUT2D eigenvalue weighted by Crippen LogP contribution is 2.29. The van der Waals surface area contributed by atoms with Crippen molar-refractivity contribution in [2.75, 3.05) is 19.6 Å². The van der Waals surface area contributed by atoms with Gasteiger partial charge in [0.25, 0.3) is 0 Å². The number of hydrogen-bond donors (Lipinski definition) is 0. The Hall–Kier alpha value is -1.42. The number of rotatable bonds is 5. The highest BCUT2D eigenvalue weighted by Gasteiger charge is 2.33. The van der Waals surface area contributed by atoms with Gasteiger partial charge in [-0.15, -0.1) is 0 Å². The third-order valence-corrected chi connectivity index (χ3v) is 4.92. The first kappa shape index (κ1) is 16.4. The molecule has 1 aliphatic carbocycles. The summed E-state index contributed by atoms with van der Waals surface area (Å²) in [6, 6.07) is 7.15. The summed E-state index contributed by atoms with van der Waals surface area (Å²) in [6.07, 6.45) is 3.55. The molecule has 2 atom stereocenters. The standard InChI is InChI=1S/C19H27FN2O/c1-14-9-15(2)11-22(10-14)19(23)13-21(18-7-8-18)12-16-3-5-17(20)6-4-16/h3-6,14-15,18H,7-13H2,1-2H3. The molecule has 0 aromatic heterocycles. The Balaban J connectivity index is 1.60. The van der Waals surface area contributed by atoms with Gasteiger partial charge in [0.1, 0.15) is 5.82 Å². The molecular weight excluding hydrogens is 291 g/mol. The fourth-order valence-electron chi connectivity index (χ4n) is 3.72. The van der Waals surface area contributed by atoms with E-state index in [2.05, 4.69) is 18.7 Å². The summed E-state index contributed by atoms with van der Waals surface area (Å²) >= 11 is 0. The van der Waals surface area contributed by atoms with Crippen LogP contribution in [-0.2, 0) is 11.3 Å². The summed E-state index contributed by atoms with van der Waals surface area (Å²) in [5.74, 6) is 1.22. The predicted octanol–water partition coefficient (Wildman–Crippen LogP) is 3.29. The van der Waals surface area contributed by atoms with Crippen molar-refractivity contribution in [1.82, 2.24) is 9.80 Å². The molecule has 2 fully saturated rings. The molecule has 2 unspecified atom stereocenters. The Morgan fingerprint density at radius 3 is 2.35 bits per heavy atom. The summed E-state index contributed by atoms with van der Waals surface area (Å²) in [5, 5.41) is 0. The smallest absolute Gasteiger partial charge is 0.236 e. The van der Waals surface area contributed by atoms with Crippen LogP contribution in [0.4, 0.5) is 4.39 Å². The number of benzene rings is 1. The highest BCUT2D eigenvalue weighted by molar-refractivity contribution is 5.78.